The van der Waals surface area contributed by atoms with Gasteiger partial charge in [-0.15, -0.1) is 11.8 Å². The molecular formula is C14H16N2S. The van der Waals surface area contributed by atoms with Crippen LogP contribution in [0.3, 0.4) is 0 Å². The molecule has 1 N–H and O–H groups in total. The Morgan fingerprint density at radius 3 is 2.76 bits per heavy atom. The predicted octanol–water partition coefficient (Wildman–Crippen LogP) is 3.59. The van der Waals surface area contributed by atoms with Gasteiger partial charge in [0.05, 0.1) is 0 Å². The van der Waals surface area contributed by atoms with Gasteiger partial charge in [-0.2, -0.15) is 0 Å². The summed E-state index contributed by atoms with van der Waals surface area (Å²) < 4.78 is 0. The van der Waals surface area contributed by atoms with E-state index in [0.29, 0.717) is 0 Å². The number of hydrogen-bond donors (Lipinski definition) is 1. The summed E-state index contributed by atoms with van der Waals surface area (Å²) in [7, 11) is 0. The molecule has 1 aromatic carbocycles. The summed E-state index contributed by atoms with van der Waals surface area (Å²) in [4.78, 5) is 5.58. The first-order valence-electron chi connectivity index (χ1n) is 5.69. The van der Waals surface area contributed by atoms with Crippen molar-refractivity contribution in [1.82, 2.24) is 4.98 Å². The highest BCUT2D eigenvalue weighted by molar-refractivity contribution is 7.99. The molecule has 0 radical (unpaired) electrons. The Bertz CT molecular complexity index is 457. The van der Waals surface area contributed by atoms with Crippen LogP contribution < -0.4 is 5.32 Å². The number of hydrogen-bond acceptors (Lipinski definition) is 3. The molecule has 0 saturated carbocycles. The molecule has 0 aliphatic carbocycles. The SMILES string of the molecule is Cc1ccnc(NCCSc2ccccc2)c1. The van der Waals surface area contributed by atoms with Crippen molar-refractivity contribution >= 4 is 17.6 Å². The van der Waals surface area contributed by atoms with Crippen molar-refractivity contribution in [3.8, 4) is 0 Å². The number of thioether (sulfide) groups is 1. The van der Waals surface area contributed by atoms with E-state index in [1.54, 1.807) is 0 Å². The Balaban J connectivity index is 1.73. The average Bonchev–Trinajstić information content (AvgIpc) is 2.36. The summed E-state index contributed by atoms with van der Waals surface area (Å²) in [5.41, 5.74) is 1.23. The zero-order valence-electron chi connectivity index (χ0n) is 9.89. The standard InChI is InChI=1S/C14H16N2S/c1-12-7-8-15-14(11-12)16-9-10-17-13-5-3-2-4-6-13/h2-8,11H,9-10H2,1H3,(H,15,16). The number of rotatable bonds is 5. The van der Waals surface area contributed by atoms with Crippen molar-refractivity contribution in [2.24, 2.45) is 0 Å². The monoisotopic (exact) mass is 244 g/mol. The highest BCUT2D eigenvalue weighted by atomic mass is 32.2. The Morgan fingerprint density at radius 1 is 1.18 bits per heavy atom. The molecule has 2 rings (SSSR count). The van der Waals surface area contributed by atoms with Crippen molar-refractivity contribution in [3.05, 3.63) is 54.2 Å². The average molecular weight is 244 g/mol. The number of nitrogens with zero attached hydrogens (tertiary/aromatic N) is 1. The molecule has 0 aliphatic rings. The lowest BCUT2D eigenvalue weighted by atomic mass is 10.3. The van der Waals surface area contributed by atoms with Crippen LogP contribution in [0.5, 0.6) is 0 Å². The van der Waals surface area contributed by atoms with Crippen molar-refractivity contribution in [2.75, 3.05) is 17.6 Å². The molecule has 0 spiro atoms. The number of aromatic nitrogens is 1. The Hall–Kier alpha value is -1.48. The van der Waals surface area contributed by atoms with Gasteiger partial charge in [0.2, 0.25) is 0 Å². The molecule has 1 heterocycles. The maximum atomic E-state index is 4.26. The van der Waals surface area contributed by atoms with E-state index in [2.05, 4.69) is 47.6 Å². The summed E-state index contributed by atoms with van der Waals surface area (Å²) in [6.07, 6.45) is 1.84. The van der Waals surface area contributed by atoms with Crippen molar-refractivity contribution in [1.29, 1.82) is 0 Å². The van der Waals surface area contributed by atoms with Gasteiger partial charge in [0.15, 0.2) is 0 Å². The largest absolute Gasteiger partial charge is 0.369 e. The van der Waals surface area contributed by atoms with E-state index in [9.17, 15) is 0 Å². The van der Waals surface area contributed by atoms with Crippen molar-refractivity contribution in [3.63, 3.8) is 0 Å². The molecule has 1 aromatic heterocycles. The van der Waals surface area contributed by atoms with Crippen LogP contribution in [0.2, 0.25) is 0 Å². The van der Waals surface area contributed by atoms with Gasteiger partial charge in [-0.3, -0.25) is 0 Å². The quantitative estimate of drug-likeness (QED) is 0.642. The van der Waals surface area contributed by atoms with Gasteiger partial charge in [-0.1, -0.05) is 18.2 Å². The molecule has 2 aromatic rings. The van der Waals surface area contributed by atoms with E-state index < -0.39 is 0 Å². The smallest absolute Gasteiger partial charge is 0.126 e. The second kappa shape index (κ2) is 6.30. The van der Waals surface area contributed by atoms with Gasteiger partial charge in [0.25, 0.3) is 0 Å². The number of benzene rings is 1. The highest BCUT2D eigenvalue weighted by Crippen LogP contribution is 2.16. The van der Waals surface area contributed by atoms with Crippen LogP contribution in [-0.2, 0) is 0 Å². The highest BCUT2D eigenvalue weighted by Gasteiger charge is 1.95. The van der Waals surface area contributed by atoms with E-state index in [1.165, 1.54) is 10.5 Å². The molecule has 0 fully saturated rings. The lowest BCUT2D eigenvalue weighted by molar-refractivity contribution is 1.16. The second-order valence-corrected chi connectivity index (χ2v) is 4.98. The topological polar surface area (TPSA) is 24.9 Å². The van der Waals surface area contributed by atoms with Crippen LogP contribution in [0.4, 0.5) is 5.82 Å². The van der Waals surface area contributed by atoms with Gasteiger partial charge < -0.3 is 5.32 Å². The number of nitrogens with one attached hydrogen (secondary N) is 1. The lowest BCUT2D eigenvalue weighted by Crippen LogP contribution is -2.05. The van der Waals surface area contributed by atoms with Crippen LogP contribution in [0.15, 0.2) is 53.6 Å². The number of aryl methyl sites for hydroxylation is 1. The fraction of sp³-hybridized carbons (Fsp3) is 0.214. The first-order chi connectivity index (χ1) is 8.34. The van der Waals surface area contributed by atoms with Gasteiger partial charge in [-0.25, -0.2) is 4.98 Å². The summed E-state index contributed by atoms with van der Waals surface area (Å²) in [6.45, 7) is 3.00. The molecule has 2 nitrogen and oxygen atoms in total. The van der Waals surface area contributed by atoms with Crippen LogP contribution in [0.1, 0.15) is 5.56 Å². The maximum absolute atomic E-state index is 4.26. The van der Waals surface area contributed by atoms with E-state index in [4.69, 9.17) is 0 Å². The van der Waals surface area contributed by atoms with E-state index in [1.807, 2.05) is 30.1 Å². The number of pyridine rings is 1. The molecule has 0 aliphatic heterocycles. The Kier molecular flexibility index (Phi) is 4.45. The van der Waals surface area contributed by atoms with Gasteiger partial charge >= 0.3 is 0 Å². The van der Waals surface area contributed by atoms with Crippen LogP contribution in [0.25, 0.3) is 0 Å². The second-order valence-electron chi connectivity index (χ2n) is 3.81. The van der Waals surface area contributed by atoms with Crippen LogP contribution in [-0.4, -0.2) is 17.3 Å². The van der Waals surface area contributed by atoms with Gasteiger partial charge in [0.1, 0.15) is 5.82 Å². The number of anilines is 1. The van der Waals surface area contributed by atoms with Crippen molar-refractivity contribution < 1.29 is 0 Å². The molecule has 0 bridgehead atoms. The minimum atomic E-state index is 0.927. The summed E-state index contributed by atoms with van der Waals surface area (Å²) in [6, 6.07) is 14.5. The lowest BCUT2D eigenvalue weighted by Gasteiger charge is -2.05. The maximum Gasteiger partial charge on any atom is 0.126 e. The third-order valence-electron chi connectivity index (χ3n) is 2.34. The minimum Gasteiger partial charge on any atom is -0.369 e. The first-order valence-corrected chi connectivity index (χ1v) is 6.67. The molecule has 88 valence electrons. The zero-order valence-corrected chi connectivity index (χ0v) is 10.7. The van der Waals surface area contributed by atoms with Crippen LogP contribution in [0, 0.1) is 6.92 Å². The molecule has 0 atom stereocenters. The summed E-state index contributed by atoms with van der Waals surface area (Å²) >= 11 is 1.85. The normalized spacial score (nSPS) is 10.2. The first kappa shape index (κ1) is 12.0. The summed E-state index contributed by atoms with van der Waals surface area (Å²) in [5, 5.41) is 3.32. The van der Waals surface area contributed by atoms with E-state index in [0.717, 1.165) is 18.1 Å². The summed E-state index contributed by atoms with van der Waals surface area (Å²) in [5.74, 6) is 2.00. The van der Waals surface area contributed by atoms with E-state index >= 15 is 0 Å². The van der Waals surface area contributed by atoms with Crippen LogP contribution >= 0.6 is 11.8 Å². The third kappa shape index (κ3) is 4.11. The zero-order chi connectivity index (χ0) is 11.9. The molecule has 0 saturated heterocycles. The van der Waals surface area contributed by atoms with Crippen molar-refractivity contribution in [2.45, 2.75) is 11.8 Å². The molecule has 17 heavy (non-hydrogen) atoms. The molecular weight excluding hydrogens is 228 g/mol. The third-order valence-corrected chi connectivity index (χ3v) is 3.35. The minimum absolute atomic E-state index is 0.927. The fourth-order valence-corrected chi connectivity index (χ4v) is 2.29. The fourth-order valence-electron chi connectivity index (χ4n) is 1.50. The molecule has 3 heteroatoms. The Labute approximate surface area is 106 Å². The Morgan fingerprint density at radius 2 is 2.00 bits per heavy atom. The molecule has 0 amide bonds. The van der Waals surface area contributed by atoms with E-state index in [-0.39, 0.29) is 0 Å². The predicted molar refractivity (Wildman–Crippen MR) is 74.6 cm³/mol. The molecule has 0 unspecified atom stereocenters. The van der Waals surface area contributed by atoms with Gasteiger partial charge in [-0.05, 0) is 36.8 Å². The van der Waals surface area contributed by atoms with Gasteiger partial charge in [0, 0.05) is 23.4 Å².